The Labute approximate surface area is 171 Å². The summed E-state index contributed by atoms with van der Waals surface area (Å²) in [6.07, 6.45) is 4.09. The number of nitrogens with zero attached hydrogens (tertiary/aromatic N) is 4. The average Bonchev–Trinajstić information content (AvgIpc) is 3.29. The van der Waals surface area contributed by atoms with Gasteiger partial charge in [0.15, 0.2) is 0 Å². The van der Waals surface area contributed by atoms with Gasteiger partial charge in [0.2, 0.25) is 0 Å². The molecular weight excluding hydrogens is 364 g/mol. The van der Waals surface area contributed by atoms with Crippen molar-refractivity contribution in [3.63, 3.8) is 0 Å². The molecule has 3 aromatic rings. The molecule has 0 saturated carbocycles. The van der Waals surface area contributed by atoms with Crippen molar-refractivity contribution in [2.75, 3.05) is 27.2 Å². The second-order valence-electron chi connectivity index (χ2n) is 7.77. The molecule has 6 nitrogen and oxygen atoms in total. The van der Waals surface area contributed by atoms with E-state index in [1.807, 2.05) is 90.8 Å². The summed E-state index contributed by atoms with van der Waals surface area (Å²) in [6.45, 7) is 0.980. The lowest BCUT2D eigenvalue weighted by Crippen LogP contribution is -2.60. The van der Waals surface area contributed by atoms with E-state index in [0.29, 0.717) is 25.1 Å². The fourth-order valence-electron chi connectivity index (χ4n) is 4.12. The summed E-state index contributed by atoms with van der Waals surface area (Å²) in [6, 6.07) is 18.9. The number of benzene rings is 2. The van der Waals surface area contributed by atoms with Crippen molar-refractivity contribution in [1.29, 1.82) is 0 Å². The predicted molar refractivity (Wildman–Crippen MR) is 112 cm³/mol. The number of piperidine rings is 1. The molecule has 2 aromatic carbocycles. The molecule has 1 aliphatic rings. The van der Waals surface area contributed by atoms with E-state index < -0.39 is 5.60 Å². The van der Waals surface area contributed by atoms with E-state index in [1.165, 1.54) is 0 Å². The largest absolute Gasteiger partial charge is 0.383 e. The lowest BCUT2D eigenvalue weighted by molar-refractivity contribution is -0.0810. The first-order valence-electron chi connectivity index (χ1n) is 9.83. The minimum absolute atomic E-state index is 0.0148. The van der Waals surface area contributed by atoms with Crippen LogP contribution in [-0.2, 0) is 5.60 Å². The summed E-state index contributed by atoms with van der Waals surface area (Å²) >= 11 is 0. The summed E-state index contributed by atoms with van der Waals surface area (Å²) in [5, 5.41) is 15.7. The molecule has 0 radical (unpaired) electrons. The quantitative estimate of drug-likeness (QED) is 0.744. The number of carbonyl (C=O) groups excluding carboxylic acids is 1. The number of amides is 1. The van der Waals surface area contributed by atoms with Crippen LogP contribution < -0.4 is 0 Å². The minimum Gasteiger partial charge on any atom is -0.383 e. The predicted octanol–water partition coefficient (Wildman–Crippen LogP) is 2.54. The third-order valence-electron chi connectivity index (χ3n) is 5.77. The van der Waals surface area contributed by atoms with Gasteiger partial charge < -0.3 is 14.9 Å². The Morgan fingerprint density at radius 2 is 1.83 bits per heavy atom. The highest BCUT2D eigenvalue weighted by molar-refractivity contribution is 5.94. The van der Waals surface area contributed by atoms with Gasteiger partial charge in [-0.3, -0.25) is 4.79 Å². The Morgan fingerprint density at radius 3 is 2.45 bits per heavy atom. The van der Waals surface area contributed by atoms with Crippen molar-refractivity contribution < 1.29 is 9.90 Å². The van der Waals surface area contributed by atoms with Crippen LogP contribution in [0.15, 0.2) is 73.1 Å². The highest BCUT2D eigenvalue weighted by Gasteiger charge is 2.45. The highest BCUT2D eigenvalue weighted by atomic mass is 16.3. The monoisotopic (exact) mass is 390 g/mol. The summed E-state index contributed by atoms with van der Waals surface area (Å²) in [5.74, 6) is -0.0148. The molecule has 0 bridgehead atoms. The maximum atomic E-state index is 13.1. The van der Waals surface area contributed by atoms with Crippen LogP contribution in [0.4, 0.5) is 0 Å². The van der Waals surface area contributed by atoms with Gasteiger partial charge in [0.05, 0.1) is 11.7 Å². The molecule has 0 spiro atoms. The maximum Gasteiger partial charge on any atom is 0.253 e. The van der Waals surface area contributed by atoms with Gasteiger partial charge in [0, 0.05) is 31.0 Å². The van der Waals surface area contributed by atoms with Crippen molar-refractivity contribution in [2.45, 2.75) is 18.1 Å². The van der Waals surface area contributed by atoms with Gasteiger partial charge in [-0.05, 0) is 56.4 Å². The molecule has 6 heteroatoms. The topological polar surface area (TPSA) is 61.6 Å². The van der Waals surface area contributed by atoms with Gasteiger partial charge >= 0.3 is 0 Å². The van der Waals surface area contributed by atoms with E-state index in [-0.39, 0.29) is 11.9 Å². The van der Waals surface area contributed by atoms with Gasteiger partial charge in [-0.15, -0.1) is 0 Å². The third kappa shape index (κ3) is 3.69. The fourth-order valence-corrected chi connectivity index (χ4v) is 4.12. The number of carbonyl (C=O) groups is 1. The molecule has 0 unspecified atom stereocenters. The molecule has 2 atom stereocenters. The van der Waals surface area contributed by atoms with Crippen molar-refractivity contribution in [3.8, 4) is 5.69 Å². The van der Waals surface area contributed by atoms with Gasteiger partial charge in [-0.1, -0.05) is 30.3 Å². The number of aliphatic hydroxyl groups is 1. The van der Waals surface area contributed by atoms with Gasteiger partial charge in [0.25, 0.3) is 5.91 Å². The van der Waals surface area contributed by atoms with Crippen LogP contribution in [0.25, 0.3) is 5.69 Å². The molecule has 2 heterocycles. The Balaban J connectivity index is 1.54. The first kappa shape index (κ1) is 19.4. The number of likely N-dealkylation sites (N-methyl/N-ethyl adjacent to an activating group) is 1. The third-order valence-corrected chi connectivity index (χ3v) is 5.77. The standard InChI is InChI=1S/C23H26N4O2/c1-25(2)21-17-26(16-13-23(21,29)19-7-4-3-5-8-19)22(28)18-9-11-20(12-10-18)27-15-6-14-24-27/h3-12,14-15,21,29H,13,16-17H2,1-2H3/t21-,23+/m1/s1. The smallest absolute Gasteiger partial charge is 0.253 e. The van der Waals surface area contributed by atoms with Crippen molar-refractivity contribution >= 4 is 5.91 Å². The van der Waals surface area contributed by atoms with E-state index in [0.717, 1.165) is 11.3 Å². The molecule has 1 N–H and O–H groups in total. The second-order valence-corrected chi connectivity index (χ2v) is 7.77. The van der Waals surface area contributed by atoms with Gasteiger partial charge in [-0.25, -0.2) is 4.68 Å². The fraction of sp³-hybridized carbons (Fsp3) is 0.304. The summed E-state index contributed by atoms with van der Waals surface area (Å²) < 4.78 is 1.76. The number of rotatable bonds is 4. The van der Waals surface area contributed by atoms with Crippen LogP contribution in [0.1, 0.15) is 22.3 Å². The van der Waals surface area contributed by atoms with Crippen LogP contribution in [0.2, 0.25) is 0 Å². The minimum atomic E-state index is -0.981. The van der Waals surface area contributed by atoms with Crippen LogP contribution in [0.5, 0.6) is 0 Å². The second kappa shape index (κ2) is 7.81. The molecule has 1 fully saturated rings. The Kier molecular flexibility index (Phi) is 5.22. The number of hydrogen-bond donors (Lipinski definition) is 1. The Bertz CT molecular complexity index is 954. The molecule has 1 amide bonds. The Hall–Kier alpha value is -2.96. The lowest BCUT2D eigenvalue weighted by atomic mass is 9.79. The van der Waals surface area contributed by atoms with E-state index in [4.69, 9.17) is 0 Å². The van der Waals surface area contributed by atoms with Crippen LogP contribution >= 0.6 is 0 Å². The lowest BCUT2D eigenvalue weighted by Gasteiger charge is -2.47. The van der Waals surface area contributed by atoms with Crippen LogP contribution in [-0.4, -0.2) is 63.8 Å². The average molecular weight is 390 g/mol. The summed E-state index contributed by atoms with van der Waals surface area (Å²) in [5.41, 5.74) is 1.47. The van der Waals surface area contributed by atoms with Crippen molar-refractivity contribution in [2.24, 2.45) is 0 Å². The first-order valence-corrected chi connectivity index (χ1v) is 9.83. The molecular formula is C23H26N4O2. The molecule has 29 heavy (non-hydrogen) atoms. The maximum absolute atomic E-state index is 13.1. The normalized spacial score (nSPS) is 22.1. The SMILES string of the molecule is CN(C)[C@@H]1CN(C(=O)c2ccc(-n3cccn3)cc2)CC[C@]1(O)c1ccccc1. The van der Waals surface area contributed by atoms with Crippen LogP contribution in [0.3, 0.4) is 0 Å². The first-order chi connectivity index (χ1) is 14.0. The van der Waals surface area contributed by atoms with E-state index >= 15 is 0 Å². The Morgan fingerprint density at radius 1 is 1.10 bits per heavy atom. The molecule has 1 aromatic heterocycles. The summed E-state index contributed by atoms with van der Waals surface area (Å²) in [4.78, 5) is 17.0. The number of likely N-dealkylation sites (tertiary alicyclic amines) is 1. The van der Waals surface area contributed by atoms with Crippen LogP contribution in [0, 0.1) is 0 Å². The molecule has 0 aliphatic carbocycles. The van der Waals surface area contributed by atoms with E-state index in [9.17, 15) is 9.90 Å². The number of aromatic nitrogens is 2. The zero-order valence-electron chi connectivity index (χ0n) is 16.8. The van der Waals surface area contributed by atoms with Gasteiger partial charge in [0.1, 0.15) is 5.60 Å². The zero-order chi connectivity index (χ0) is 20.4. The van der Waals surface area contributed by atoms with E-state index in [1.54, 1.807) is 10.9 Å². The summed E-state index contributed by atoms with van der Waals surface area (Å²) in [7, 11) is 3.90. The zero-order valence-corrected chi connectivity index (χ0v) is 16.8. The molecule has 1 aliphatic heterocycles. The molecule has 150 valence electrons. The van der Waals surface area contributed by atoms with E-state index in [2.05, 4.69) is 5.10 Å². The van der Waals surface area contributed by atoms with Gasteiger partial charge in [-0.2, -0.15) is 5.10 Å². The molecule has 4 rings (SSSR count). The number of hydrogen-bond acceptors (Lipinski definition) is 4. The van der Waals surface area contributed by atoms with Crippen molar-refractivity contribution in [1.82, 2.24) is 19.6 Å². The molecule has 1 saturated heterocycles. The highest BCUT2D eigenvalue weighted by Crippen LogP contribution is 2.35. The van der Waals surface area contributed by atoms with Crippen molar-refractivity contribution in [3.05, 3.63) is 84.2 Å².